The molecular formula is C14H14BrFN2O. The molecule has 19 heavy (non-hydrogen) atoms. The summed E-state index contributed by atoms with van der Waals surface area (Å²) >= 11 is 3.40. The Balaban J connectivity index is 2.31. The Morgan fingerprint density at radius 1 is 1.42 bits per heavy atom. The Kier molecular flexibility index (Phi) is 3.85. The smallest absolute Gasteiger partial charge is 0.171 e. The van der Waals surface area contributed by atoms with Gasteiger partial charge in [0.1, 0.15) is 5.82 Å². The van der Waals surface area contributed by atoms with Gasteiger partial charge in [-0.15, -0.1) is 0 Å². The first kappa shape index (κ1) is 13.9. The topological polar surface area (TPSA) is 34.9 Å². The Hall–Kier alpha value is -1.49. The number of rotatable bonds is 3. The fourth-order valence-corrected chi connectivity index (χ4v) is 2.44. The molecule has 2 aromatic rings. The first-order chi connectivity index (χ1) is 8.90. The molecule has 0 saturated carbocycles. The van der Waals surface area contributed by atoms with E-state index in [0.29, 0.717) is 0 Å². The van der Waals surface area contributed by atoms with E-state index >= 15 is 0 Å². The summed E-state index contributed by atoms with van der Waals surface area (Å²) in [6, 6.07) is 4.64. The van der Waals surface area contributed by atoms with Gasteiger partial charge in [0.05, 0.1) is 27.8 Å². The molecule has 0 saturated heterocycles. The van der Waals surface area contributed by atoms with Crippen molar-refractivity contribution >= 4 is 21.7 Å². The fourth-order valence-electron chi connectivity index (χ4n) is 1.97. The zero-order chi connectivity index (χ0) is 14.2. The lowest BCUT2D eigenvalue weighted by Gasteiger charge is -2.05. The number of carbonyl (C=O) groups excluding carboxylic acids is 1. The molecule has 0 aliphatic rings. The van der Waals surface area contributed by atoms with E-state index < -0.39 is 5.82 Å². The van der Waals surface area contributed by atoms with E-state index in [1.165, 1.54) is 12.1 Å². The van der Waals surface area contributed by atoms with Crippen LogP contribution < -0.4 is 0 Å². The van der Waals surface area contributed by atoms with Crippen LogP contribution in [0.1, 0.15) is 27.3 Å². The number of aryl methyl sites for hydroxylation is 3. The van der Waals surface area contributed by atoms with E-state index in [1.807, 2.05) is 6.92 Å². The molecule has 1 aromatic heterocycles. The van der Waals surface area contributed by atoms with Gasteiger partial charge < -0.3 is 0 Å². The van der Waals surface area contributed by atoms with Gasteiger partial charge in [-0.2, -0.15) is 5.10 Å². The highest BCUT2D eigenvalue weighted by Gasteiger charge is 2.18. The zero-order valence-corrected chi connectivity index (χ0v) is 12.6. The first-order valence-electron chi connectivity index (χ1n) is 5.87. The third kappa shape index (κ3) is 2.76. The largest absolute Gasteiger partial charge is 0.294 e. The average Bonchev–Trinajstić information content (AvgIpc) is 2.56. The molecule has 2 rings (SSSR count). The van der Waals surface area contributed by atoms with E-state index in [1.54, 1.807) is 24.7 Å². The van der Waals surface area contributed by atoms with Crippen molar-refractivity contribution in [3.8, 4) is 0 Å². The minimum absolute atomic E-state index is 0.122. The summed E-state index contributed by atoms with van der Waals surface area (Å²) in [6.45, 7) is 3.64. The van der Waals surface area contributed by atoms with Gasteiger partial charge in [-0.3, -0.25) is 9.48 Å². The summed E-state index contributed by atoms with van der Waals surface area (Å²) in [7, 11) is 1.77. The van der Waals surface area contributed by atoms with E-state index in [4.69, 9.17) is 0 Å². The van der Waals surface area contributed by atoms with E-state index in [2.05, 4.69) is 21.0 Å². The molecule has 100 valence electrons. The highest BCUT2D eigenvalue weighted by molar-refractivity contribution is 9.10. The van der Waals surface area contributed by atoms with Crippen molar-refractivity contribution < 1.29 is 9.18 Å². The molecule has 0 aliphatic carbocycles. The number of nitrogens with zero attached hydrogens (tertiary/aromatic N) is 2. The maximum absolute atomic E-state index is 13.8. The van der Waals surface area contributed by atoms with Crippen LogP contribution in [-0.2, 0) is 13.5 Å². The molecule has 0 aliphatic heterocycles. The van der Waals surface area contributed by atoms with Gasteiger partial charge in [0.25, 0.3) is 0 Å². The lowest BCUT2D eigenvalue weighted by Crippen LogP contribution is -2.10. The molecule has 5 heteroatoms. The maximum atomic E-state index is 13.8. The third-order valence-corrected chi connectivity index (χ3v) is 4.05. The van der Waals surface area contributed by atoms with Crippen molar-refractivity contribution in [3.05, 3.63) is 51.0 Å². The standard InChI is InChI=1S/C14H14BrFN2O/c1-8-4-5-10(11(16)6-8)13(19)7-12-14(15)9(2)17-18(12)3/h4-6H,7H2,1-3H3. The van der Waals surface area contributed by atoms with Crippen LogP contribution >= 0.6 is 15.9 Å². The summed E-state index contributed by atoms with van der Waals surface area (Å²) in [5, 5.41) is 4.22. The van der Waals surface area contributed by atoms with Gasteiger partial charge in [0, 0.05) is 7.05 Å². The van der Waals surface area contributed by atoms with Gasteiger partial charge in [-0.1, -0.05) is 6.07 Å². The van der Waals surface area contributed by atoms with Crippen LogP contribution in [0.2, 0.25) is 0 Å². The number of halogens is 2. The van der Waals surface area contributed by atoms with Gasteiger partial charge in [0.15, 0.2) is 5.78 Å². The maximum Gasteiger partial charge on any atom is 0.171 e. The van der Waals surface area contributed by atoms with Crippen molar-refractivity contribution in [2.45, 2.75) is 20.3 Å². The summed E-state index contributed by atoms with van der Waals surface area (Å²) < 4.78 is 16.2. The second kappa shape index (κ2) is 5.25. The van der Waals surface area contributed by atoms with Crippen LogP contribution in [0, 0.1) is 19.7 Å². The molecule has 1 heterocycles. The van der Waals surface area contributed by atoms with Crippen LogP contribution in [-0.4, -0.2) is 15.6 Å². The van der Waals surface area contributed by atoms with Crippen molar-refractivity contribution in [1.82, 2.24) is 9.78 Å². The van der Waals surface area contributed by atoms with Crippen molar-refractivity contribution in [2.75, 3.05) is 0 Å². The quantitative estimate of drug-likeness (QED) is 0.811. The molecule has 0 bridgehead atoms. The molecule has 0 N–H and O–H groups in total. The highest BCUT2D eigenvalue weighted by atomic mass is 79.9. The molecule has 0 spiro atoms. The van der Waals surface area contributed by atoms with Crippen molar-refractivity contribution in [2.24, 2.45) is 7.05 Å². The van der Waals surface area contributed by atoms with E-state index in [0.717, 1.165) is 21.4 Å². The minimum atomic E-state index is -0.472. The molecule has 0 fully saturated rings. The number of ketones is 1. The van der Waals surface area contributed by atoms with Crippen LogP contribution in [0.15, 0.2) is 22.7 Å². The molecule has 0 atom stereocenters. The molecule has 0 radical (unpaired) electrons. The summed E-state index contributed by atoms with van der Waals surface area (Å²) in [6.07, 6.45) is 0.123. The highest BCUT2D eigenvalue weighted by Crippen LogP contribution is 2.22. The Bertz CT molecular complexity index is 649. The number of Topliss-reactive ketones (excluding diaryl/α,β-unsaturated/α-hetero) is 1. The molecule has 3 nitrogen and oxygen atoms in total. The van der Waals surface area contributed by atoms with Crippen molar-refractivity contribution in [1.29, 1.82) is 0 Å². The zero-order valence-electron chi connectivity index (χ0n) is 11.0. The third-order valence-electron chi connectivity index (χ3n) is 3.01. The number of carbonyl (C=O) groups is 1. The second-order valence-corrected chi connectivity index (χ2v) is 5.35. The Morgan fingerprint density at radius 2 is 2.11 bits per heavy atom. The van der Waals surface area contributed by atoms with Gasteiger partial charge in [0.2, 0.25) is 0 Å². The number of benzene rings is 1. The van der Waals surface area contributed by atoms with Crippen LogP contribution in [0.4, 0.5) is 4.39 Å². The molecule has 0 unspecified atom stereocenters. The SMILES string of the molecule is Cc1ccc(C(=O)Cc2c(Br)c(C)nn2C)c(F)c1. The predicted molar refractivity (Wildman–Crippen MR) is 74.8 cm³/mol. The van der Waals surface area contributed by atoms with Crippen LogP contribution in [0.5, 0.6) is 0 Å². The first-order valence-corrected chi connectivity index (χ1v) is 6.66. The molecule has 1 aromatic carbocycles. The Morgan fingerprint density at radius 3 is 2.63 bits per heavy atom. The van der Waals surface area contributed by atoms with Gasteiger partial charge >= 0.3 is 0 Å². The lowest BCUT2D eigenvalue weighted by atomic mass is 10.0. The monoisotopic (exact) mass is 324 g/mol. The predicted octanol–water partition coefficient (Wildman–Crippen LogP) is 3.36. The summed E-state index contributed by atoms with van der Waals surface area (Å²) in [5.74, 6) is -0.721. The normalized spacial score (nSPS) is 10.8. The second-order valence-electron chi connectivity index (χ2n) is 4.55. The number of aromatic nitrogens is 2. The number of hydrogen-bond acceptors (Lipinski definition) is 2. The summed E-state index contributed by atoms with van der Waals surface area (Å²) in [4.78, 5) is 12.2. The average molecular weight is 325 g/mol. The Labute approximate surface area is 119 Å². The van der Waals surface area contributed by atoms with Crippen LogP contribution in [0.25, 0.3) is 0 Å². The molecular weight excluding hydrogens is 311 g/mol. The van der Waals surface area contributed by atoms with Gasteiger partial charge in [-0.05, 0) is 47.5 Å². The molecule has 0 amide bonds. The number of hydrogen-bond donors (Lipinski definition) is 0. The van der Waals surface area contributed by atoms with Crippen LogP contribution in [0.3, 0.4) is 0 Å². The lowest BCUT2D eigenvalue weighted by molar-refractivity contribution is 0.0986. The van der Waals surface area contributed by atoms with E-state index in [9.17, 15) is 9.18 Å². The minimum Gasteiger partial charge on any atom is -0.294 e. The van der Waals surface area contributed by atoms with E-state index in [-0.39, 0.29) is 17.8 Å². The van der Waals surface area contributed by atoms with Crippen molar-refractivity contribution in [3.63, 3.8) is 0 Å². The fraction of sp³-hybridized carbons (Fsp3) is 0.286. The summed E-state index contributed by atoms with van der Waals surface area (Å²) in [5.41, 5.74) is 2.49. The van der Waals surface area contributed by atoms with Gasteiger partial charge in [-0.25, -0.2) is 4.39 Å².